The van der Waals surface area contributed by atoms with Gasteiger partial charge < -0.3 is 46.2 Å². The second kappa shape index (κ2) is 9.29. The molecule has 14 heteroatoms. The van der Waals surface area contributed by atoms with Crippen molar-refractivity contribution in [3.63, 3.8) is 0 Å². The monoisotopic (exact) mass is 472 g/mol. The largest absolute Gasteiger partial charge is 0.512 e. The molecule has 1 aliphatic carbocycles. The summed E-state index contributed by atoms with van der Waals surface area (Å²) in [5.74, 6) is 0.321. The minimum absolute atomic E-state index is 0.0208. The predicted octanol–water partition coefficient (Wildman–Crippen LogP) is 0.213. The van der Waals surface area contributed by atoms with E-state index >= 15 is 0 Å². The highest BCUT2D eigenvalue weighted by atomic mass is 28.5. The van der Waals surface area contributed by atoms with Gasteiger partial charge in [0.05, 0.1) is 5.76 Å². The summed E-state index contributed by atoms with van der Waals surface area (Å²) in [6.45, 7) is 6.76. The van der Waals surface area contributed by atoms with Crippen molar-refractivity contribution in [2.24, 2.45) is 5.92 Å². The molecule has 0 heterocycles. The zero-order chi connectivity index (χ0) is 22.0. The summed E-state index contributed by atoms with van der Waals surface area (Å²) in [6.07, 6.45) is 3.38. The Morgan fingerprint density at radius 2 is 1.36 bits per heavy atom. The van der Waals surface area contributed by atoms with Crippen molar-refractivity contribution < 1.29 is 46.2 Å². The quantitative estimate of drug-likeness (QED) is 0.218. The van der Waals surface area contributed by atoms with E-state index in [4.69, 9.17) is 12.3 Å². The molecule has 1 atom stereocenters. The van der Waals surface area contributed by atoms with Gasteiger partial charge in [0.15, 0.2) is 0 Å². The summed E-state index contributed by atoms with van der Waals surface area (Å²) in [5, 5.41) is 9.93. The normalized spacial score (nSPS) is 19.8. The number of hydrogen-bond donors (Lipinski definition) is 7. The van der Waals surface area contributed by atoms with Crippen LogP contribution in [-0.2, 0) is 12.3 Å². The van der Waals surface area contributed by atoms with Gasteiger partial charge >= 0.3 is 35.2 Å². The van der Waals surface area contributed by atoms with Crippen LogP contribution in [0.25, 0.3) is 0 Å². The first-order valence-electron chi connectivity index (χ1n) is 8.95. The number of allylic oxidation sites excluding steroid dienone is 4. The second-order valence-corrected chi connectivity index (χ2v) is 17.5. The van der Waals surface area contributed by atoms with Gasteiger partial charge in [-0.1, -0.05) is 18.6 Å². The summed E-state index contributed by atoms with van der Waals surface area (Å²) in [7, 11) is -17.0. The highest BCUT2D eigenvalue weighted by Gasteiger charge is 2.56. The van der Waals surface area contributed by atoms with E-state index in [-0.39, 0.29) is 12.0 Å². The molecule has 0 saturated carbocycles. The predicted molar refractivity (Wildman–Crippen MR) is 108 cm³/mol. The van der Waals surface area contributed by atoms with Crippen molar-refractivity contribution in [2.45, 2.75) is 58.8 Å². The zero-order valence-corrected chi connectivity index (χ0v) is 20.8. The van der Waals surface area contributed by atoms with Crippen molar-refractivity contribution >= 4 is 35.2 Å². The van der Waals surface area contributed by atoms with Crippen LogP contribution in [0.1, 0.15) is 33.1 Å². The Balaban J connectivity index is 3.02. The van der Waals surface area contributed by atoms with Crippen molar-refractivity contribution in [3.8, 4) is 0 Å². The van der Waals surface area contributed by atoms with Crippen LogP contribution in [0.4, 0.5) is 0 Å². The maximum Gasteiger partial charge on any atom is 0.484 e. The maximum atomic E-state index is 9.93. The number of hydrogen-bond acceptors (Lipinski definition) is 10. The molecule has 0 radical (unpaired) electrons. The van der Waals surface area contributed by atoms with Crippen LogP contribution in [0.5, 0.6) is 0 Å². The lowest BCUT2D eigenvalue weighted by Crippen LogP contribution is -2.64. The number of aliphatic hydroxyl groups excluding tert-OH is 1. The van der Waals surface area contributed by atoms with E-state index in [0.717, 1.165) is 30.8 Å². The molecule has 10 nitrogen and oxygen atoms in total. The van der Waals surface area contributed by atoms with Crippen LogP contribution >= 0.6 is 0 Å². The van der Waals surface area contributed by atoms with Crippen LogP contribution in [0.15, 0.2) is 23.0 Å². The van der Waals surface area contributed by atoms with Gasteiger partial charge in [0.2, 0.25) is 0 Å². The number of rotatable bonds is 10. The van der Waals surface area contributed by atoms with Crippen molar-refractivity contribution in [2.75, 3.05) is 0 Å². The first-order valence-corrected chi connectivity index (χ1v) is 17.8. The Hall–Kier alpha value is -0.212. The third-order valence-electron chi connectivity index (χ3n) is 3.89. The summed E-state index contributed by atoms with van der Waals surface area (Å²) < 4.78 is 15.7. The Kier molecular flexibility index (Phi) is 8.57. The fourth-order valence-corrected chi connectivity index (χ4v) is 13.7. The molecule has 0 aromatic carbocycles. The van der Waals surface area contributed by atoms with Crippen molar-refractivity contribution in [3.05, 3.63) is 23.0 Å². The second-order valence-electron chi connectivity index (χ2n) is 7.62. The van der Waals surface area contributed by atoms with E-state index in [1.54, 1.807) is 6.92 Å². The molecule has 0 fully saturated rings. The molecule has 0 bridgehead atoms. The summed E-state index contributed by atoms with van der Waals surface area (Å²) >= 11 is 0. The standard InChI is InChI=1S/C14H32O10Si4/c1-11-9-13(10-12(2)14(11)15)7-6-8-28(22-25(3,16)17,23-26(4,18)19)24-27(5,20)21/h9,12,15-21H,6-8,10H2,1-5H3. The van der Waals surface area contributed by atoms with Crippen LogP contribution in [-0.4, -0.2) is 69.1 Å². The van der Waals surface area contributed by atoms with Crippen molar-refractivity contribution in [1.82, 2.24) is 0 Å². The molecule has 0 spiro atoms. The van der Waals surface area contributed by atoms with E-state index in [2.05, 4.69) is 0 Å². The van der Waals surface area contributed by atoms with Gasteiger partial charge in [-0.25, -0.2) is 0 Å². The lowest BCUT2D eigenvalue weighted by Gasteiger charge is -2.37. The van der Waals surface area contributed by atoms with Crippen LogP contribution < -0.4 is 0 Å². The number of aliphatic hydroxyl groups is 1. The Morgan fingerprint density at radius 3 is 1.71 bits per heavy atom. The Bertz CT molecular complexity index is 562. The topological polar surface area (TPSA) is 169 Å². The molecular formula is C14H32O10Si4. The maximum absolute atomic E-state index is 9.93. The molecular weight excluding hydrogens is 440 g/mol. The first-order chi connectivity index (χ1) is 12.4. The van der Waals surface area contributed by atoms with Gasteiger partial charge in [0.1, 0.15) is 0 Å². The van der Waals surface area contributed by atoms with Crippen LogP contribution in [0.3, 0.4) is 0 Å². The van der Waals surface area contributed by atoms with Gasteiger partial charge in [-0.2, -0.15) is 0 Å². The SMILES string of the molecule is CC1=C(O)C(C)CC(CCC[Si](O[Si](C)(O)O)(O[Si](C)(O)O)O[Si](C)(O)O)=C1. The lowest BCUT2D eigenvalue weighted by molar-refractivity contribution is 0.108. The van der Waals surface area contributed by atoms with Crippen molar-refractivity contribution in [1.29, 1.82) is 0 Å². The summed E-state index contributed by atoms with van der Waals surface area (Å²) in [6, 6.07) is -0.0788. The molecule has 0 aromatic rings. The summed E-state index contributed by atoms with van der Waals surface area (Å²) in [5.41, 5.74) is 1.81. The van der Waals surface area contributed by atoms with Gasteiger partial charge in [-0.3, -0.25) is 0 Å². The third kappa shape index (κ3) is 9.52. The molecule has 1 unspecified atom stereocenters. The van der Waals surface area contributed by atoms with E-state index in [0.29, 0.717) is 25.0 Å². The van der Waals surface area contributed by atoms with E-state index in [1.165, 1.54) is 0 Å². The highest BCUT2D eigenvalue weighted by molar-refractivity contribution is 6.83. The van der Waals surface area contributed by atoms with Gasteiger partial charge in [-0.05, 0) is 31.8 Å². The van der Waals surface area contributed by atoms with E-state index in [9.17, 15) is 33.9 Å². The Morgan fingerprint density at radius 1 is 0.929 bits per heavy atom. The molecule has 164 valence electrons. The summed E-state index contributed by atoms with van der Waals surface area (Å²) in [4.78, 5) is 58.8. The molecule has 1 rings (SSSR count). The lowest BCUT2D eigenvalue weighted by atomic mass is 9.88. The third-order valence-corrected chi connectivity index (χ3v) is 13.2. The van der Waals surface area contributed by atoms with Gasteiger partial charge in [0, 0.05) is 31.6 Å². The molecule has 7 N–H and O–H groups in total. The fourth-order valence-electron chi connectivity index (χ4n) is 3.12. The minimum atomic E-state index is -4.26. The molecule has 0 saturated heterocycles. The average molecular weight is 473 g/mol. The molecule has 0 amide bonds. The smallest absolute Gasteiger partial charge is 0.484 e. The van der Waals surface area contributed by atoms with E-state index in [1.807, 2.05) is 13.0 Å². The van der Waals surface area contributed by atoms with E-state index < -0.39 is 35.2 Å². The van der Waals surface area contributed by atoms with Crippen LogP contribution in [0.2, 0.25) is 25.7 Å². The van der Waals surface area contributed by atoms with Crippen LogP contribution in [0, 0.1) is 5.92 Å². The minimum Gasteiger partial charge on any atom is -0.512 e. The van der Waals surface area contributed by atoms with Gasteiger partial charge in [-0.15, -0.1) is 0 Å². The molecule has 0 aromatic heterocycles. The average Bonchev–Trinajstić information content (AvgIpc) is 2.38. The molecule has 0 aliphatic heterocycles. The Labute approximate surface area is 169 Å². The van der Waals surface area contributed by atoms with Gasteiger partial charge in [0.25, 0.3) is 0 Å². The molecule has 1 aliphatic rings. The first kappa shape index (κ1) is 25.8. The zero-order valence-electron chi connectivity index (χ0n) is 16.8. The highest BCUT2D eigenvalue weighted by Crippen LogP contribution is 2.32. The fraction of sp³-hybridized carbons (Fsp3) is 0.714. The molecule has 28 heavy (non-hydrogen) atoms.